The SMILES string of the molecule is CC(C)[C@H]1COC(=O)N1c1ccnc(C[C@@H](C)c2ccc(-c3cn[nH]c3)cc2F)n1. The van der Waals surface area contributed by atoms with Crippen LogP contribution in [0, 0.1) is 11.7 Å². The molecule has 2 atom stereocenters. The van der Waals surface area contributed by atoms with Gasteiger partial charge in [0.2, 0.25) is 0 Å². The number of halogens is 1. The molecular formula is C22H24FN5O2. The van der Waals surface area contributed by atoms with E-state index < -0.39 is 6.09 Å². The fourth-order valence-electron chi connectivity index (χ4n) is 3.71. The van der Waals surface area contributed by atoms with E-state index in [4.69, 9.17) is 4.74 Å². The number of carbonyl (C=O) groups excluding carboxylic acids is 1. The maximum Gasteiger partial charge on any atom is 0.415 e. The second kappa shape index (κ2) is 8.22. The number of hydrogen-bond donors (Lipinski definition) is 1. The van der Waals surface area contributed by atoms with E-state index in [0.717, 1.165) is 11.1 Å². The van der Waals surface area contributed by atoms with Gasteiger partial charge in [-0.1, -0.05) is 32.9 Å². The predicted molar refractivity (Wildman–Crippen MR) is 111 cm³/mol. The van der Waals surface area contributed by atoms with E-state index in [1.54, 1.807) is 35.6 Å². The molecule has 3 heterocycles. The molecule has 156 valence electrons. The molecule has 1 amide bonds. The number of hydrogen-bond acceptors (Lipinski definition) is 5. The highest BCUT2D eigenvalue weighted by atomic mass is 19.1. The third-order valence-electron chi connectivity index (χ3n) is 5.46. The average Bonchev–Trinajstić information content (AvgIpc) is 3.38. The number of amides is 1. The molecule has 0 bridgehead atoms. The van der Waals surface area contributed by atoms with Crippen LogP contribution >= 0.6 is 0 Å². The fourth-order valence-corrected chi connectivity index (χ4v) is 3.71. The van der Waals surface area contributed by atoms with Crippen LogP contribution in [0.1, 0.15) is 38.1 Å². The number of aromatic amines is 1. The maximum absolute atomic E-state index is 14.8. The topological polar surface area (TPSA) is 84.0 Å². The van der Waals surface area contributed by atoms with Gasteiger partial charge in [0.15, 0.2) is 0 Å². The summed E-state index contributed by atoms with van der Waals surface area (Å²) in [4.78, 5) is 22.7. The van der Waals surface area contributed by atoms with Gasteiger partial charge in [-0.2, -0.15) is 5.10 Å². The number of H-pyrrole nitrogens is 1. The summed E-state index contributed by atoms with van der Waals surface area (Å²) in [5, 5.41) is 6.64. The van der Waals surface area contributed by atoms with Crippen LogP contribution in [0.3, 0.4) is 0 Å². The minimum atomic E-state index is -0.396. The zero-order valence-electron chi connectivity index (χ0n) is 17.2. The Labute approximate surface area is 174 Å². The van der Waals surface area contributed by atoms with E-state index in [9.17, 15) is 9.18 Å². The quantitative estimate of drug-likeness (QED) is 0.655. The Kier molecular flexibility index (Phi) is 5.48. The number of carbonyl (C=O) groups is 1. The number of rotatable bonds is 6. The van der Waals surface area contributed by atoms with Crippen molar-refractivity contribution in [2.24, 2.45) is 5.92 Å². The highest BCUT2D eigenvalue weighted by Crippen LogP contribution is 2.28. The number of cyclic esters (lactones) is 1. The molecule has 0 aliphatic carbocycles. The van der Waals surface area contributed by atoms with Gasteiger partial charge in [0.1, 0.15) is 24.1 Å². The van der Waals surface area contributed by atoms with Crippen molar-refractivity contribution in [3.63, 3.8) is 0 Å². The standard InChI is InChI=1S/C22H24FN5O2/c1-13(2)19-12-30-22(29)28(19)21-6-7-24-20(27-21)8-14(3)17-5-4-15(9-18(17)23)16-10-25-26-11-16/h4-7,9-11,13-14,19H,8,12H2,1-3H3,(H,25,26)/t14-,19-/m1/s1. The van der Waals surface area contributed by atoms with E-state index in [-0.39, 0.29) is 23.7 Å². The average molecular weight is 409 g/mol. The molecule has 4 rings (SSSR count). The highest BCUT2D eigenvalue weighted by molar-refractivity contribution is 5.89. The Morgan fingerprint density at radius 3 is 2.80 bits per heavy atom. The molecule has 1 aromatic carbocycles. The molecule has 1 fully saturated rings. The molecule has 0 spiro atoms. The lowest BCUT2D eigenvalue weighted by atomic mass is 9.95. The second-order valence-corrected chi connectivity index (χ2v) is 7.92. The van der Waals surface area contributed by atoms with E-state index in [1.165, 1.54) is 6.07 Å². The van der Waals surface area contributed by atoms with E-state index in [0.29, 0.717) is 30.2 Å². The van der Waals surface area contributed by atoms with Crippen molar-refractivity contribution in [3.8, 4) is 11.1 Å². The van der Waals surface area contributed by atoms with Crippen LogP contribution in [0.15, 0.2) is 42.9 Å². The van der Waals surface area contributed by atoms with Crippen LogP contribution < -0.4 is 4.90 Å². The van der Waals surface area contributed by atoms with E-state index in [2.05, 4.69) is 20.2 Å². The Morgan fingerprint density at radius 1 is 1.27 bits per heavy atom. The van der Waals surface area contributed by atoms with Crippen LogP contribution in [-0.2, 0) is 11.2 Å². The first-order chi connectivity index (χ1) is 14.4. The van der Waals surface area contributed by atoms with Crippen LogP contribution in [-0.4, -0.2) is 38.9 Å². The molecule has 1 saturated heterocycles. The van der Waals surface area contributed by atoms with Crippen LogP contribution in [0.5, 0.6) is 0 Å². The van der Waals surface area contributed by atoms with Gasteiger partial charge in [0, 0.05) is 24.4 Å². The normalized spacial score (nSPS) is 17.4. The molecule has 1 aliphatic rings. The van der Waals surface area contributed by atoms with Crippen molar-refractivity contribution in [2.75, 3.05) is 11.5 Å². The van der Waals surface area contributed by atoms with Crippen molar-refractivity contribution in [2.45, 2.75) is 39.2 Å². The number of anilines is 1. The number of nitrogens with zero attached hydrogens (tertiary/aromatic N) is 4. The van der Waals surface area contributed by atoms with Crippen LogP contribution in [0.2, 0.25) is 0 Å². The second-order valence-electron chi connectivity index (χ2n) is 7.92. The van der Waals surface area contributed by atoms with Gasteiger partial charge in [0.05, 0.1) is 12.2 Å². The van der Waals surface area contributed by atoms with Crippen molar-refractivity contribution in [1.82, 2.24) is 20.2 Å². The summed E-state index contributed by atoms with van der Waals surface area (Å²) in [6, 6.07) is 6.83. The minimum Gasteiger partial charge on any atom is -0.447 e. The monoisotopic (exact) mass is 409 g/mol. The number of aromatic nitrogens is 4. The third-order valence-corrected chi connectivity index (χ3v) is 5.46. The van der Waals surface area contributed by atoms with Gasteiger partial charge in [-0.05, 0) is 35.1 Å². The molecule has 0 radical (unpaired) electrons. The summed E-state index contributed by atoms with van der Waals surface area (Å²) < 4.78 is 20.0. The predicted octanol–water partition coefficient (Wildman–Crippen LogP) is 4.33. The molecule has 0 saturated carbocycles. The first kappa shape index (κ1) is 20.0. The van der Waals surface area contributed by atoms with Crippen LogP contribution in [0.4, 0.5) is 15.0 Å². The van der Waals surface area contributed by atoms with Gasteiger partial charge < -0.3 is 4.74 Å². The Balaban J connectivity index is 1.53. The molecule has 1 aliphatic heterocycles. The summed E-state index contributed by atoms with van der Waals surface area (Å²) in [7, 11) is 0. The van der Waals surface area contributed by atoms with Crippen molar-refractivity contribution >= 4 is 11.9 Å². The largest absolute Gasteiger partial charge is 0.447 e. The first-order valence-electron chi connectivity index (χ1n) is 10.0. The zero-order valence-corrected chi connectivity index (χ0v) is 17.2. The first-order valence-corrected chi connectivity index (χ1v) is 10.0. The molecular weight excluding hydrogens is 385 g/mol. The van der Waals surface area contributed by atoms with E-state index in [1.807, 2.05) is 26.8 Å². The lowest BCUT2D eigenvalue weighted by Crippen LogP contribution is -2.37. The number of benzene rings is 1. The van der Waals surface area contributed by atoms with Gasteiger partial charge in [-0.3, -0.25) is 10.00 Å². The van der Waals surface area contributed by atoms with Crippen molar-refractivity contribution < 1.29 is 13.9 Å². The molecule has 1 N–H and O–H groups in total. The Hall–Kier alpha value is -3.29. The fraction of sp³-hybridized carbons (Fsp3) is 0.364. The van der Waals surface area contributed by atoms with Gasteiger partial charge in [-0.15, -0.1) is 0 Å². The molecule has 30 heavy (non-hydrogen) atoms. The van der Waals surface area contributed by atoms with Gasteiger partial charge in [-0.25, -0.2) is 19.2 Å². The summed E-state index contributed by atoms with van der Waals surface area (Å²) in [6.07, 6.45) is 5.07. The summed E-state index contributed by atoms with van der Waals surface area (Å²) in [5.74, 6) is 0.895. The summed E-state index contributed by atoms with van der Waals surface area (Å²) in [5.41, 5.74) is 2.20. The van der Waals surface area contributed by atoms with E-state index >= 15 is 0 Å². The molecule has 2 aromatic heterocycles. The number of nitrogens with one attached hydrogen (secondary N) is 1. The third kappa shape index (κ3) is 3.90. The Morgan fingerprint density at radius 2 is 2.10 bits per heavy atom. The number of ether oxygens (including phenoxy) is 1. The van der Waals surface area contributed by atoms with Gasteiger partial charge >= 0.3 is 6.09 Å². The van der Waals surface area contributed by atoms with Crippen molar-refractivity contribution in [1.29, 1.82) is 0 Å². The summed E-state index contributed by atoms with van der Waals surface area (Å²) in [6.45, 7) is 6.37. The lowest BCUT2D eigenvalue weighted by Gasteiger charge is -2.23. The van der Waals surface area contributed by atoms with Gasteiger partial charge in [0.25, 0.3) is 0 Å². The smallest absolute Gasteiger partial charge is 0.415 e. The molecule has 7 nitrogen and oxygen atoms in total. The van der Waals surface area contributed by atoms with Crippen molar-refractivity contribution in [3.05, 3.63) is 60.1 Å². The molecule has 3 aromatic rings. The Bertz CT molecular complexity index is 1040. The highest BCUT2D eigenvalue weighted by Gasteiger charge is 2.37. The summed E-state index contributed by atoms with van der Waals surface area (Å²) >= 11 is 0. The zero-order chi connectivity index (χ0) is 21.3. The maximum atomic E-state index is 14.8. The minimum absolute atomic E-state index is 0.0643. The molecule has 0 unspecified atom stereocenters. The lowest BCUT2D eigenvalue weighted by molar-refractivity contribution is 0.177. The molecule has 8 heteroatoms. The van der Waals surface area contributed by atoms with Crippen LogP contribution in [0.25, 0.3) is 11.1 Å².